The first kappa shape index (κ1) is 16.1. The summed E-state index contributed by atoms with van der Waals surface area (Å²) in [5.74, 6) is 5.45. The first-order valence-corrected chi connectivity index (χ1v) is 7.75. The number of methoxy groups -OCH3 is 1. The van der Waals surface area contributed by atoms with Crippen molar-refractivity contribution in [2.24, 2.45) is 0 Å². The van der Waals surface area contributed by atoms with Gasteiger partial charge in [0.1, 0.15) is 5.69 Å². The average Bonchev–Trinajstić information content (AvgIpc) is 2.59. The molecule has 2 aromatic rings. The van der Waals surface area contributed by atoms with Gasteiger partial charge >= 0.3 is 5.97 Å². The van der Waals surface area contributed by atoms with Gasteiger partial charge in [0.2, 0.25) is 0 Å². The summed E-state index contributed by atoms with van der Waals surface area (Å²) < 4.78 is 4.65. The summed E-state index contributed by atoms with van der Waals surface area (Å²) in [6.07, 6.45) is 2.02. The molecular formula is C17H15NO3S. The van der Waals surface area contributed by atoms with Gasteiger partial charge in [-0.2, -0.15) is 0 Å². The third-order valence-corrected chi connectivity index (χ3v) is 3.62. The van der Waals surface area contributed by atoms with Crippen LogP contribution in [0.25, 0.3) is 0 Å². The van der Waals surface area contributed by atoms with Gasteiger partial charge in [-0.15, -0.1) is 11.8 Å². The predicted molar refractivity (Wildman–Crippen MR) is 85.7 cm³/mol. The Balaban J connectivity index is 2.32. The van der Waals surface area contributed by atoms with E-state index in [1.165, 1.54) is 12.0 Å². The predicted octanol–water partition coefficient (Wildman–Crippen LogP) is 2.48. The molecule has 0 saturated carbocycles. The molecule has 0 spiro atoms. The smallest absolute Gasteiger partial charge is 0.356 e. The summed E-state index contributed by atoms with van der Waals surface area (Å²) in [6.45, 7) is -0.262. The lowest BCUT2D eigenvalue weighted by Crippen LogP contribution is -2.07. The van der Waals surface area contributed by atoms with Crippen LogP contribution in [-0.4, -0.2) is 29.4 Å². The molecule has 0 atom stereocenters. The molecule has 1 heterocycles. The van der Waals surface area contributed by atoms with E-state index >= 15 is 0 Å². The second-order valence-corrected chi connectivity index (χ2v) is 5.24. The molecule has 4 nitrogen and oxygen atoms in total. The monoisotopic (exact) mass is 313 g/mol. The van der Waals surface area contributed by atoms with E-state index in [-0.39, 0.29) is 12.3 Å². The maximum absolute atomic E-state index is 11.6. The number of carbonyl (C=O) groups excluding carboxylic acids is 1. The second kappa shape index (κ2) is 7.64. The minimum atomic E-state index is -0.553. The molecule has 0 unspecified atom stereocenters. The Bertz CT molecular complexity index is 730. The van der Waals surface area contributed by atoms with E-state index in [0.717, 1.165) is 5.56 Å². The normalized spacial score (nSPS) is 9.77. The first-order valence-electron chi connectivity index (χ1n) is 6.52. The molecule has 0 saturated heterocycles. The molecule has 1 aromatic carbocycles. The van der Waals surface area contributed by atoms with Crippen molar-refractivity contribution in [2.45, 2.75) is 11.5 Å². The van der Waals surface area contributed by atoms with Crippen molar-refractivity contribution in [1.82, 2.24) is 4.98 Å². The number of ether oxygens (including phenoxy) is 1. The number of rotatable bonds is 3. The van der Waals surface area contributed by atoms with Gasteiger partial charge in [0.15, 0.2) is 0 Å². The van der Waals surface area contributed by atoms with Crippen molar-refractivity contribution in [1.29, 1.82) is 0 Å². The summed E-state index contributed by atoms with van der Waals surface area (Å²) in [7, 11) is 1.29. The van der Waals surface area contributed by atoms with Crippen LogP contribution < -0.4 is 0 Å². The van der Waals surface area contributed by atoms with Crippen molar-refractivity contribution >= 4 is 17.7 Å². The topological polar surface area (TPSA) is 59.4 Å². The van der Waals surface area contributed by atoms with Gasteiger partial charge in [0, 0.05) is 16.0 Å². The van der Waals surface area contributed by atoms with Crippen molar-refractivity contribution < 1.29 is 14.6 Å². The molecule has 1 aromatic heterocycles. The SMILES string of the molecule is COC(=O)c1cc(C#Cc2ccc(SC)cc2)cc(CO)n1. The van der Waals surface area contributed by atoms with E-state index in [2.05, 4.69) is 21.6 Å². The van der Waals surface area contributed by atoms with E-state index in [4.69, 9.17) is 0 Å². The van der Waals surface area contributed by atoms with E-state index in [9.17, 15) is 9.90 Å². The molecular weight excluding hydrogens is 298 g/mol. The zero-order valence-corrected chi connectivity index (χ0v) is 13.1. The molecule has 0 aliphatic heterocycles. The zero-order valence-electron chi connectivity index (χ0n) is 12.3. The highest BCUT2D eigenvalue weighted by Gasteiger charge is 2.09. The van der Waals surface area contributed by atoms with Crippen LogP contribution in [0, 0.1) is 11.8 Å². The highest BCUT2D eigenvalue weighted by atomic mass is 32.2. The number of benzene rings is 1. The third kappa shape index (κ3) is 4.10. The fraction of sp³-hybridized carbons (Fsp3) is 0.176. The van der Waals surface area contributed by atoms with Crippen LogP contribution in [0.4, 0.5) is 0 Å². The Morgan fingerprint density at radius 3 is 2.50 bits per heavy atom. The van der Waals surface area contributed by atoms with Crippen LogP contribution in [0.15, 0.2) is 41.3 Å². The average molecular weight is 313 g/mol. The number of nitrogens with zero attached hydrogens (tertiary/aromatic N) is 1. The Hall–Kier alpha value is -2.29. The third-order valence-electron chi connectivity index (χ3n) is 2.88. The molecule has 0 fully saturated rings. The van der Waals surface area contributed by atoms with Crippen LogP contribution in [0.1, 0.15) is 27.3 Å². The van der Waals surface area contributed by atoms with Gasteiger partial charge in [0.05, 0.1) is 19.4 Å². The van der Waals surface area contributed by atoms with Crippen LogP contribution >= 0.6 is 11.8 Å². The Morgan fingerprint density at radius 1 is 1.23 bits per heavy atom. The van der Waals surface area contributed by atoms with Gasteiger partial charge < -0.3 is 9.84 Å². The Labute approximate surface area is 133 Å². The van der Waals surface area contributed by atoms with E-state index in [1.54, 1.807) is 23.9 Å². The molecule has 112 valence electrons. The lowest BCUT2D eigenvalue weighted by molar-refractivity contribution is 0.0593. The molecule has 2 rings (SSSR count). The fourth-order valence-electron chi connectivity index (χ4n) is 1.77. The van der Waals surface area contributed by atoms with E-state index in [0.29, 0.717) is 11.3 Å². The minimum absolute atomic E-state index is 0.135. The minimum Gasteiger partial charge on any atom is -0.464 e. The van der Waals surface area contributed by atoms with Crippen LogP contribution in [0.3, 0.4) is 0 Å². The lowest BCUT2D eigenvalue weighted by Gasteiger charge is -2.02. The van der Waals surface area contributed by atoms with Crippen molar-refractivity contribution in [3.8, 4) is 11.8 Å². The molecule has 0 radical (unpaired) electrons. The number of hydrogen-bond donors (Lipinski definition) is 1. The molecule has 1 N–H and O–H groups in total. The summed E-state index contributed by atoms with van der Waals surface area (Å²) in [5, 5.41) is 9.22. The summed E-state index contributed by atoms with van der Waals surface area (Å²) in [5.41, 5.74) is 1.99. The number of aliphatic hydroxyl groups is 1. The lowest BCUT2D eigenvalue weighted by atomic mass is 10.1. The summed E-state index contributed by atoms with van der Waals surface area (Å²) in [6, 6.07) is 11.1. The number of thioether (sulfide) groups is 1. The highest BCUT2D eigenvalue weighted by Crippen LogP contribution is 2.14. The fourth-order valence-corrected chi connectivity index (χ4v) is 2.18. The van der Waals surface area contributed by atoms with Crippen molar-refractivity contribution in [2.75, 3.05) is 13.4 Å². The second-order valence-electron chi connectivity index (χ2n) is 4.36. The van der Waals surface area contributed by atoms with Crippen LogP contribution in [-0.2, 0) is 11.3 Å². The molecule has 5 heteroatoms. The van der Waals surface area contributed by atoms with Crippen molar-refractivity contribution in [3.63, 3.8) is 0 Å². The number of aromatic nitrogens is 1. The van der Waals surface area contributed by atoms with E-state index in [1.807, 2.05) is 30.5 Å². The Kier molecular flexibility index (Phi) is 5.59. The first-order chi connectivity index (χ1) is 10.7. The van der Waals surface area contributed by atoms with Crippen LogP contribution in [0.2, 0.25) is 0 Å². The van der Waals surface area contributed by atoms with Gasteiger partial charge in [-0.1, -0.05) is 11.8 Å². The molecule has 22 heavy (non-hydrogen) atoms. The van der Waals surface area contributed by atoms with E-state index < -0.39 is 5.97 Å². The number of carbonyl (C=O) groups is 1. The standard InChI is InChI=1S/C17H15NO3S/c1-21-17(20)16-10-13(9-14(11-19)18-16)4-3-12-5-7-15(22-2)8-6-12/h5-10,19H,11H2,1-2H3. The maximum Gasteiger partial charge on any atom is 0.356 e. The largest absolute Gasteiger partial charge is 0.464 e. The van der Waals surface area contributed by atoms with Gasteiger partial charge in [-0.3, -0.25) is 0 Å². The van der Waals surface area contributed by atoms with Crippen LogP contribution in [0.5, 0.6) is 0 Å². The quantitative estimate of drug-likeness (QED) is 0.536. The maximum atomic E-state index is 11.6. The molecule has 0 aliphatic carbocycles. The zero-order chi connectivity index (χ0) is 15.9. The molecule has 0 aliphatic rings. The van der Waals surface area contributed by atoms with Gasteiger partial charge in [0.25, 0.3) is 0 Å². The highest BCUT2D eigenvalue weighted by molar-refractivity contribution is 7.98. The van der Waals surface area contributed by atoms with Gasteiger partial charge in [-0.25, -0.2) is 9.78 Å². The number of esters is 1. The Morgan fingerprint density at radius 2 is 1.91 bits per heavy atom. The number of aliphatic hydroxyl groups excluding tert-OH is 1. The molecule has 0 amide bonds. The summed E-state index contributed by atoms with van der Waals surface area (Å²) >= 11 is 1.67. The summed E-state index contributed by atoms with van der Waals surface area (Å²) in [4.78, 5) is 16.7. The number of pyridine rings is 1. The van der Waals surface area contributed by atoms with Crippen molar-refractivity contribution in [3.05, 3.63) is 58.9 Å². The number of hydrogen-bond acceptors (Lipinski definition) is 5. The van der Waals surface area contributed by atoms with Gasteiger partial charge in [-0.05, 0) is 42.7 Å². The molecule has 0 bridgehead atoms.